The molecule has 116 valence electrons. The second-order valence-electron chi connectivity index (χ2n) is 6.42. The van der Waals surface area contributed by atoms with Crippen LogP contribution in [0.15, 0.2) is 30.3 Å². The quantitative estimate of drug-likeness (QED) is 0.458. The minimum Gasteiger partial charge on any atom is -1.00 e. The van der Waals surface area contributed by atoms with E-state index in [2.05, 4.69) is 51.4 Å². The molecule has 0 unspecified atom stereocenters. The average molecular weight is 298 g/mol. The predicted molar refractivity (Wildman–Crippen MR) is 85.1 cm³/mol. The van der Waals surface area contributed by atoms with Crippen LogP contribution < -0.4 is 12.4 Å². The summed E-state index contributed by atoms with van der Waals surface area (Å²) in [6, 6.07) is 10.9. The number of hydrogen-bond acceptors (Lipinski definition) is 0. The summed E-state index contributed by atoms with van der Waals surface area (Å²) in [7, 11) is 4.70. The van der Waals surface area contributed by atoms with Gasteiger partial charge in [0.15, 0.2) is 0 Å². The highest BCUT2D eigenvalue weighted by Crippen LogP contribution is 2.12. The van der Waals surface area contributed by atoms with Gasteiger partial charge in [-0.05, 0) is 12.8 Å². The molecule has 0 saturated carbocycles. The summed E-state index contributed by atoms with van der Waals surface area (Å²) < 4.78 is 1.11. The molecule has 0 aliphatic rings. The van der Waals surface area contributed by atoms with Crippen molar-refractivity contribution in [3.05, 3.63) is 35.9 Å². The number of quaternary nitrogens is 1. The first-order valence-corrected chi connectivity index (χ1v) is 8.00. The molecule has 0 saturated heterocycles. The van der Waals surface area contributed by atoms with Gasteiger partial charge in [0.25, 0.3) is 0 Å². The molecule has 0 atom stereocenters. The number of rotatable bonds is 10. The third-order valence-electron chi connectivity index (χ3n) is 3.82. The van der Waals surface area contributed by atoms with Crippen molar-refractivity contribution in [1.82, 2.24) is 0 Å². The Hall–Kier alpha value is -0.530. The summed E-state index contributed by atoms with van der Waals surface area (Å²) in [5, 5.41) is 0. The zero-order valence-corrected chi connectivity index (χ0v) is 14.3. The zero-order chi connectivity index (χ0) is 14.0. The molecule has 1 aromatic carbocycles. The standard InChI is InChI=1S/C18H32N.ClH/c1-4-5-6-7-8-9-13-16-19(2,3)17-18-14-11-10-12-15-18;/h10-12,14-15H,4-9,13,16-17H2,1-3H3;1H/q+1;/p-1. The van der Waals surface area contributed by atoms with Crippen molar-refractivity contribution in [2.45, 2.75) is 58.4 Å². The van der Waals surface area contributed by atoms with Crippen LogP contribution in [0.25, 0.3) is 0 Å². The monoisotopic (exact) mass is 297 g/mol. The lowest BCUT2D eigenvalue weighted by Gasteiger charge is -2.30. The van der Waals surface area contributed by atoms with Gasteiger partial charge >= 0.3 is 0 Å². The Labute approximate surface area is 132 Å². The normalized spacial score (nSPS) is 11.2. The van der Waals surface area contributed by atoms with Crippen LogP contribution in [-0.2, 0) is 6.54 Å². The largest absolute Gasteiger partial charge is 1.00 e. The summed E-state index contributed by atoms with van der Waals surface area (Å²) >= 11 is 0. The smallest absolute Gasteiger partial charge is 0.104 e. The van der Waals surface area contributed by atoms with Gasteiger partial charge < -0.3 is 16.9 Å². The summed E-state index contributed by atoms with van der Waals surface area (Å²) in [4.78, 5) is 0. The van der Waals surface area contributed by atoms with Gasteiger partial charge in [0.1, 0.15) is 6.54 Å². The molecule has 0 aliphatic heterocycles. The molecule has 0 aliphatic carbocycles. The van der Waals surface area contributed by atoms with Gasteiger partial charge in [-0.15, -0.1) is 0 Å². The van der Waals surface area contributed by atoms with Crippen molar-refractivity contribution in [3.63, 3.8) is 0 Å². The van der Waals surface area contributed by atoms with Crippen LogP contribution in [0.5, 0.6) is 0 Å². The lowest BCUT2D eigenvalue weighted by atomic mass is 10.1. The Balaban J connectivity index is 0.00000361. The van der Waals surface area contributed by atoms with E-state index in [1.54, 1.807) is 0 Å². The maximum atomic E-state index is 2.35. The van der Waals surface area contributed by atoms with Crippen LogP contribution in [0.4, 0.5) is 0 Å². The Bertz CT molecular complexity index is 321. The van der Waals surface area contributed by atoms with E-state index in [4.69, 9.17) is 0 Å². The molecule has 1 rings (SSSR count). The minimum atomic E-state index is 0. The first kappa shape index (κ1) is 19.5. The lowest BCUT2D eigenvalue weighted by molar-refractivity contribution is -0.903. The highest BCUT2D eigenvalue weighted by Gasteiger charge is 2.14. The number of hydrogen-bond donors (Lipinski definition) is 0. The van der Waals surface area contributed by atoms with Crippen LogP contribution in [0.3, 0.4) is 0 Å². The van der Waals surface area contributed by atoms with E-state index in [1.807, 2.05) is 0 Å². The minimum absolute atomic E-state index is 0. The molecule has 0 N–H and O–H groups in total. The number of benzene rings is 1. The SMILES string of the molecule is CCCCCCCCC[N+](C)(C)Cc1ccccc1.[Cl-]. The van der Waals surface area contributed by atoms with E-state index in [0.717, 1.165) is 11.0 Å². The van der Waals surface area contributed by atoms with E-state index in [0.29, 0.717) is 0 Å². The summed E-state index contributed by atoms with van der Waals surface area (Å²) in [6.07, 6.45) is 9.81. The van der Waals surface area contributed by atoms with Crippen molar-refractivity contribution in [1.29, 1.82) is 0 Å². The fourth-order valence-corrected chi connectivity index (χ4v) is 2.65. The third-order valence-corrected chi connectivity index (χ3v) is 3.82. The van der Waals surface area contributed by atoms with Gasteiger partial charge in [-0.1, -0.05) is 69.4 Å². The maximum absolute atomic E-state index is 2.35. The van der Waals surface area contributed by atoms with Crippen molar-refractivity contribution >= 4 is 0 Å². The lowest BCUT2D eigenvalue weighted by Crippen LogP contribution is -3.00. The number of unbranched alkanes of at least 4 members (excludes halogenated alkanes) is 6. The molecule has 2 heteroatoms. The molecule has 1 nitrogen and oxygen atoms in total. The van der Waals surface area contributed by atoms with Gasteiger partial charge in [-0.3, -0.25) is 0 Å². The van der Waals surface area contributed by atoms with E-state index in [9.17, 15) is 0 Å². The molecular weight excluding hydrogens is 266 g/mol. The fraction of sp³-hybridized carbons (Fsp3) is 0.667. The van der Waals surface area contributed by atoms with E-state index < -0.39 is 0 Å². The Morgan fingerprint density at radius 1 is 0.800 bits per heavy atom. The summed E-state index contributed by atoms with van der Waals surface area (Å²) in [6.45, 7) is 4.73. The number of nitrogens with zero attached hydrogens (tertiary/aromatic N) is 1. The first-order valence-electron chi connectivity index (χ1n) is 8.00. The second-order valence-corrected chi connectivity index (χ2v) is 6.42. The Morgan fingerprint density at radius 3 is 1.95 bits per heavy atom. The van der Waals surface area contributed by atoms with Crippen LogP contribution in [0, 0.1) is 0 Å². The maximum Gasteiger partial charge on any atom is 0.104 e. The average Bonchev–Trinajstić information content (AvgIpc) is 2.38. The van der Waals surface area contributed by atoms with Crippen molar-refractivity contribution < 1.29 is 16.9 Å². The zero-order valence-electron chi connectivity index (χ0n) is 13.6. The van der Waals surface area contributed by atoms with Gasteiger partial charge in [0, 0.05) is 5.56 Å². The van der Waals surface area contributed by atoms with Crippen LogP contribution in [0.2, 0.25) is 0 Å². The van der Waals surface area contributed by atoms with Crippen molar-refractivity contribution in [3.8, 4) is 0 Å². The van der Waals surface area contributed by atoms with E-state index >= 15 is 0 Å². The molecule has 0 spiro atoms. The third kappa shape index (κ3) is 9.39. The molecule has 20 heavy (non-hydrogen) atoms. The number of halogens is 1. The molecule has 0 bridgehead atoms. The predicted octanol–water partition coefficient (Wildman–Crippen LogP) is 2.02. The summed E-state index contributed by atoms with van der Waals surface area (Å²) in [5.74, 6) is 0. The molecular formula is C18H32ClN. The molecule has 0 aromatic heterocycles. The fourth-order valence-electron chi connectivity index (χ4n) is 2.65. The Morgan fingerprint density at radius 2 is 1.35 bits per heavy atom. The van der Waals surface area contributed by atoms with E-state index in [-0.39, 0.29) is 12.4 Å². The highest BCUT2D eigenvalue weighted by atomic mass is 35.5. The van der Waals surface area contributed by atoms with Gasteiger partial charge in [-0.2, -0.15) is 0 Å². The van der Waals surface area contributed by atoms with Crippen LogP contribution in [0.1, 0.15) is 57.4 Å². The van der Waals surface area contributed by atoms with Crippen molar-refractivity contribution in [2.24, 2.45) is 0 Å². The second kappa shape index (κ2) is 11.2. The Kier molecular flexibility index (Phi) is 10.9. The molecule has 0 radical (unpaired) electrons. The van der Waals surface area contributed by atoms with Gasteiger partial charge in [0.05, 0.1) is 20.6 Å². The van der Waals surface area contributed by atoms with Crippen molar-refractivity contribution in [2.75, 3.05) is 20.6 Å². The molecule has 0 amide bonds. The first-order chi connectivity index (χ1) is 9.14. The van der Waals surface area contributed by atoms with Gasteiger partial charge in [-0.25, -0.2) is 0 Å². The summed E-state index contributed by atoms with van der Waals surface area (Å²) in [5.41, 5.74) is 1.45. The van der Waals surface area contributed by atoms with E-state index in [1.165, 1.54) is 57.1 Å². The van der Waals surface area contributed by atoms with Gasteiger partial charge in [0.2, 0.25) is 0 Å². The van der Waals surface area contributed by atoms with Crippen LogP contribution in [-0.4, -0.2) is 25.1 Å². The van der Waals surface area contributed by atoms with Crippen LogP contribution >= 0.6 is 0 Å². The highest BCUT2D eigenvalue weighted by molar-refractivity contribution is 5.13. The molecule has 0 fully saturated rings. The molecule has 1 aromatic rings. The topological polar surface area (TPSA) is 0 Å². The molecule has 0 heterocycles.